The standard InChI is InChI=1S/C19H20N4O3S/c1-14-5-6-15-3-2-4-17(19(15)22-14)27(24,25)23-11-8-16(9-12-23)26-18-7-10-20-13-21-18/h2-7,10,13,16H,8-9,11-12H2,1H3. The van der Waals surface area contributed by atoms with Crippen LogP contribution in [0.2, 0.25) is 0 Å². The molecule has 8 heteroatoms. The van der Waals surface area contributed by atoms with Crippen LogP contribution >= 0.6 is 0 Å². The van der Waals surface area contributed by atoms with Gasteiger partial charge in [0.05, 0.1) is 5.52 Å². The third-order valence-corrected chi connectivity index (χ3v) is 6.61. The minimum absolute atomic E-state index is 0.0563. The van der Waals surface area contributed by atoms with Crippen molar-refractivity contribution in [1.82, 2.24) is 19.3 Å². The Labute approximate surface area is 158 Å². The molecule has 27 heavy (non-hydrogen) atoms. The summed E-state index contributed by atoms with van der Waals surface area (Å²) in [7, 11) is -3.61. The molecule has 1 saturated heterocycles. The lowest BCUT2D eigenvalue weighted by molar-refractivity contribution is 0.129. The average Bonchev–Trinajstić information content (AvgIpc) is 2.68. The molecule has 2 aromatic heterocycles. The smallest absolute Gasteiger partial charge is 0.245 e. The van der Waals surface area contributed by atoms with Crippen molar-refractivity contribution in [3.8, 4) is 5.88 Å². The number of hydrogen-bond acceptors (Lipinski definition) is 6. The Bertz CT molecular complexity index is 1050. The van der Waals surface area contributed by atoms with Crippen LogP contribution in [0.15, 0.2) is 53.8 Å². The van der Waals surface area contributed by atoms with Crippen LogP contribution in [-0.2, 0) is 10.0 Å². The Hall–Kier alpha value is -2.58. The fraction of sp³-hybridized carbons (Fsp3) is 0.316. The van der Waals surface area contributed by atoms with Crippen molar-refractivity contribution >= 4 is 20.9 Å². The summed E-state index contributed by atoms with van der Waals surface area (Å²) in [5.41, 5.74) is 1.32. The largest absolute Gasteiger partial charge is 0.474 e. The predicted molar refractivity (Wildman–Crippen MR) is 101 cm³/mol. The number of fused-ring (bicyclic) bond motifs is 1. The first kappa shape index (κ1) is 17.8. The van der Waals surface area contributed by atoms with Gasteiger partial charge in [-0.1, -0.05) is 18.2 Å². The van der Waals surface area contributed by atoms with E-state index >= 15 is 0 Å². The number of para-hydroxylation sites is 1. The van der Waals surface area contributed by atoms with Gasteiger partial charge in [0.1, 0.15) is 17.3 Å². The minimum atomic E-state index is -3.61. The molecule has 1 aliphatic rings. The maximum absolute atomic E-state index is 13.2. The highest BCUT2D eigenvalue weighted by molar-refractivity contribution is 7.89. The highest BCUT2D eigenvalue weighted by atomic mass is 32.2. The molecule has 0 N–H and O–H groups in total. The van der Waals surface area contributed by atoms with Gasteiger partial charge in [-0.15, -0.1) is 0 Å². The van der Waals surface area contributed by atoms with Gasteiger partial charge in [-0.25, -0.2) is 18.4 Å². The van der Waals surface area contributed by atoms with E-state index in [2.05, 4.69) is 15.0 Å². The number of rotatable bonds is 4. The van der Waals surface area contributed by atoms with E-state index in [9.17, 15) is 8.42 Å². The van der Waals surface area contributed by atoms with Crippen LogP contribution in [0.3, 0.4) is 0 Å². The number of aryl methyl sites for hydroxylation is 1. The quantitative estimate of drug-likeness (QED) is 0.687. The Morgan fingerprint density at radius 1 is 1.11 bits per heavy atom. The van der Waals surface area contributed by atoms with Gasteiger partial charge in [-0.05, 0) is 31.9 Å². The molecule has 0 atom stereocenters. The molecule has 0 spiro atoms. The van der Waals surface area contributed by atoms with Crippen LogP contribution in [0.5, 0.6) is 5.88 Å². The van der Waals surface area contributed by atoms with Crippen LogP contribution in [0, 0.1) is 6.92 Å². The van der Waals surface area contributed by atoms with Crippen molar-refractivity contribution in [2.75, 3.05) is 13.1 Å². The summed E-state index contributed by atoms with van der Waals surface area (Å²) in [4.78, 5) is 12.6. The third-order valence-electron chi connectivity index (χ3n) is 4.68. The van der Waals surface area contributed by atoms with Gasteiger partial charge < -0.3 is 4.74 Å². The Morgan fingerprint density at radius 2 is 1.93 bits per heavy atom. The van der Waals surface area contributed by atoms with Gasteiger partial charge in [0.2, 0.25) is 15.9 Å². The topological polar surface area (TPSA) is 85.3 Å². The van der Waals surface area contributed by atoms with Crippen LogP contribution in [-0.4, -0.2) is 46.9 Å². The van der Waals surface area contributed by atoms with Crippen molar-refractivity contribution in [2.45, 2.75) is 30.8 Å². The zero-order chi connectivity index (χ0) is 18.9. The fourth-order valence-corrected chi connectivity index (χ4v) is 4.90. The second-order valence-corrected chi connectivity index (χ2v) is 8.46. The predicted octanol–water partition coefficient (Wildman–Crippen LogP) is 2.57. The normalized spacial score (nSPS) is 16.5. The first-order valence-corrected chi connectivity index (χ1v) is 10.3. The minimum Gasteiger partial charge on any atom is -0.474 e. The van der Waals surface area contributed by atoms with Crippen molar-refractivity contribution in [3.05, 3.63) is 54.6 Å². The van der Waals surface area contributed by atoms with E-state index in [-0.39, 0.29) is 11.0 Å². The van der Waals surface area contributed by atoms with E-state index in [1.165, 1.54) is 10.6 Å². The SMILES string of the molecule is Cc1ccc2cccc(S(=O)(=O)N3CCC(Oc4ccncn4)CC3)c2n1. The van der Waals surface area contributed by atoms with Crippen molar-refractivity contribution in [3.63, 3.8) is 0 Å². The average molecular weight is 384 g/mol. The number of hydrogen-bond donors (Lipinski definition) is 0. The first-order valence-electron chi connectivity index (χ1n) is 8.83. The van der Waals surface area contributed by atoms with E-state index < -0.39 is 10.0 Å². The number of pyridine rings is 1. The van der Waals surface area contributed by atoms with Gasteiger partial charge in [0, 0.05) is 36.4 Å². The molecule has 3 heterocycles. The van der Waals surface area contributed by atoms with E-state index in [1.807, 2.05) is 25.1 Å². The van der Waals surface area contributed by atoms with E-state index in [0.717, 1.165) is 11.1 Å². The number of ether oxygens (including phenoxy) is 1. The number of benzene rings is 1. The lowest BCUT2D eigenvalue weighted by atomic mass is 10.1. The summed E-state index contributed by atoms with van der Waals surface area (Å²) in [6.45, 7) is 2.67. The maximum atomic E-state index is 13.2. The van der Waals surface area contributed by atoms with Gasteiger partial charge >= 0.3 is 0 Å². The Balaban J connectivity index is 1.53. The van der Waals surface area contributed by atoms with Gasteiger partial charge in [0.15, 0.2) is 0 Å². The summed E-state index contributed by atoms with van der Waals surface area (Å²) in [6, 6.07) is 10.8. The zero-order valence-electron chi connectivity index (χ0n) is 14.9. The third kappa shape index (κ3) is 3.63. The molecule has 1 aliphatic heterocycles. The zero-order valence-corrected chi connectivity index (χ0v) is 15.8. The highest BCUT2D eigenvalue weighted by Gasteiger charge is 2.31. The molecular formula is C19H20N4O3S. The summed E-state index contributed by atoms with van der Waals surface area (Å²) in [6.07, 6.45) is 4.22. The lowest BCUT2D eigenvalue weighted by Gasteiger charge is -2.31. The number of nitrogens with zero attached hydrogens (tertiary/aromatic N) is 4. The van der Waals surface area contributed by atoms with Gasteiger partial charge in [-0.2, -0.15) is 4.31 Å². The molecule has 0 unspecified atom stereocenters. The van der Waals surface area contributed by atoms with E-state index in [1.54, 1.807) is 24.4 Å². The Morgan fingerprint density at radius 3 is 2.67 bits per heavy atom. The fourth-order valence-electron chi connectivity index (χ4n) is 3.27. The van der Waals surface area contributed by atoms with Crippen LogP contribution in [0.1, 0.15) is 18.5 Å². The van der Waals surface area contributed by atoms with Crippen molar-refractivity contribution in [2.24, 2.45) is 0 Å². The van der Waals surface area contributed by atoms with Gasteiger partial charge in [-0.3, -0.25) is 4.98 Å². The molecule has 0 aliphatic carbocycles. The number of aromatic nitrogens is 3. The molecule has 1 fully saturated rings. The summed E-state index contributed by atoms with van der Waals surface area (Å²) < 4.78 is 33.7. The number of piperidine rings is 1. The van der Waals surface area contributed by atoms with Crippen LogP contribution in [0.25, 0.3) is 10.9 Å². The highest BCUT2D eigenvalue weighted by Crippen LogP contribution is 2.27. The van der Waals surface area contributed by atoms with Crippen LogP contribution in [0.4, 0.5) is 0 Å². The molecule has 7 nitrogen and oxygen atoms in total. The summed E-state index contributed by atoms with van der Waals surface area (Å²) in [5, 5.41) is 0.823. The monoisotopic (exact) mass is 384 g/mol. The van der Waals surface area contributed by atoms with E-state index in [4.69, 9.17) is 4.74 Å². The molecule has 0 amide bonds. The number of sulfonamides is 1. The van der Waals surface area contributed by atoms with E-state index in [0.29, 0.717) is 37.3 Å². The first-order chi connectivity index (χ1) is 13.0. The maximum Gasteiger partial charge on any atom is 0.245 e. The lowest BCUT2D eigenvalue weighted by Crippen LogP contribution is -2.41. The van der Waals surface area contributed by atoms with Crippen LogP contribution < -0.4 is 4.74 Å². The molecule has 1 aromatic carbocycles. The van der Waals surface area contributed by atoms with Crippen molar-refractivity contribution in [1.29, 1.82) is 0 Å². The molecule has 0 bridgehead atoms. The molecule has 0 saturated carbocycles. The summed E-state index contributed by atoms with van der Waals surface area (Å²) >= 11 is 0. The molecule has 0 radical (unpaired) electrons. The molecule has 4 rings (SSSR count). The second-order valence-electron chi connectivity index (χ2n) is 6.55. The van der Waals surface area contributed by atoms with Crippen molar-refractivity contribution < 1.29 is 13.2 Å². The molecule has 3 aromatic rings. The molecule has 140 valence electrons. The summed E-state index contributed by atoms with van der Waals surface area (Å²) in [5.74, 6) is 0.514. The molecular weight excluding hydrogens is 364 g/mol. The van der Waals surface area contributed by atoms with Gasteiger partial charge in [0.25, 0.3) is 0 Å². The second kappa shape index (κ2) is 7.21. The Kier molecular flexibility index (Phi) is 4.75.